The molecule has 2 heterocycles. The van der Waals surface area contributed by atoms with Gasteiger partial charge in [0, 0.05) is 50.3 Å². The molecule has 0 amide bonds. The first-order chi connectivity index (χ1) is 10.3. The van der Waals surface area contributed by atoms with E-state index >= 15 is 0 Å². The number of hydrogen-bond donors (Lipinski definition) is 1. The van der Waals surface area contributed by atoms with E-state index in [0.717, 1.165) is 42.8 Å². The van der Waals surface area contributed by atoms with Crippen molar-refractivity contribution in [3.63, 3.8) is 0 Å². The van der Waals surface area contributed by atoms with Crippen LogP contribution in [0.2, 0.25) is 0 Å². The summed E-state index contributed by atoms with van der Waals surface area (Å²) in [6.45, 7) is 8.29. The Balaban J connectivity index is 1.44. The number of hydrogen-bond acceptors (Lipinski definition) is 3. The highest BCUT2D eigenvalue weighted by Crippen LogP contribution is 2.31. The second-order valence-electron chi connectivity index (χ2n) is 6.66. The maximum atomic E-state index is 4.52. The van der Waals surface area contributed by atoms with Gasteiger partial charge < -0.3 is 15.1 Å². The highest BCUT2D eigenvalue weighted by molar-refractivity contribution is 8.00. The Hall–Kier alpha value is -0.420. The molecule has 2 atom stereocenters. The lowest BCUT2D eigenvalue weighted by atomic mass is 10.1. The van der Waals surface area contributed by atoms with Crippen LogP contribution in [-0.4, -0.2) is 72.6 Å². The van der Waals surface area contributed by atoms with E-state index in [1.54, 1.807) is 0 Å². The normalized spacial score (nSPS) is 31.7. The third-order valence-electron chi connectivity index (χ3n) is 5.03. The lowest BCUT2D eigenvalue weighted by Crippen LogP contribution is -2.49. The Labute approximate surface area is 133 Å². The second-order valence-corrected chi connectivity index (χ2v) is 8.06. The van der Waals surface area contributed by atoms with Crippen molar-refractivity contribution in [2.24, 2.45) is 10.9 Å². The van der Waals surface area contributed by atoms with E-state index in [9.17, 15) is 0 Å². The molecule has 21 heavy (non-hydrogen) atoms. The molecule has 1 aliphatic carbocycles. The third kappa shape index (κ3) is 4.07. The molecule has 0 aromatic rings. The van der Waals surface area contributed by atoms with Crippen molar-refractivity contribution in [3.05, 3.63) is 0 Å². The molecule has 1 N–H and O–H groups in total. The maximum Gasteiger partial charge on any atom is 0.193 e. The zero-order valence-electron chi connectivity index (χ0n) is 13.6. The molecule has 2 unspecified atom stereocenters. The molecule has 0 radical (unpaired) electrons. The Morgan fingerprint density at radius 2 is 2.10 bits per heavy atom. The number of nitrogens with one attached hydrogen (secondary N) is 1. The minimum atomic E-state index is 0.772. The quantitative estimate of drug-likeness (QED) is 0.634. The SMILES string of the molecule is CCC1CN(C(=NC)NCC2CCN(C3CC3)C2)CCS1. The fourth-order valence-electron chi connectivity index (χ4n) is 3.53. The molecule has 120 valence electrons. The van der Waals surface area contributed by atoms with E-state index in [4.69, 9.17) is 0 Å². The van der Waals surface area contributed by atoms with Crippen molar-refractivity contribution in [2.75, 3.05) is 45.5 Å². The molecule has 3 rings (SSSR count). The lowest BCUT2D eigenvalue weighted by molar-refractivity contribution is 0.313. The summed E-state index contributed by atoms with van der Waals surface area (Å²) in [5.41, 5.74) is 0. The van der Waals surface area contributed by atoms with Crippen LogP contribution in [0.3, 0.4) is 0 Å². The molecule has 0 bridgehead atoms. The van der Waals surface area contributed by atoms with E-state index in [-0.39, 0.29) is 0 Å². The van der Waals surface area contributed by atoms with Crippen molar-refractivity contribution in [1.29, 1.82) is 0 Å². The number of thioether (sulfide) groups is 1. The summed E-state index contributed by atoms with van der Waals surface area (Å²) < 4.78 is 0. The van der Waals surface area contributed by atoms with Crippen molar-refractivity contribution < 1.29 is 0 Å². The molecular weight excluding hydrogens is 280 g/mol. The summed E-state index contributed by atoms with van der Waals surface area (Å²) >= 11 is 2.12. The molecule has 2 saturated heterocycles. The van der Waals surface area contributed by atoms with Gasteiger partial charge >= 0.3 is 0 Å². The van der Waals surface area contributed by atoms with Crippen LogP contribution < -0.4 is 5.32 Å². The summed E-state index contributed by atoms with van der Waals surface area (Å²) in [7, 11) is 1.93. The smallest absolute Gasteiger partial charge is 0.193 e. The average Bonchev–Trinajstić information content (AvgIpc) is 3.27. The Morgan fingerprint density at radius 1 is 1.24 bits per heavy atom. The number of rotatable bonds is 4. The minimum absolute atomic E-state index is 0.772. The summed E-state index contributed by atoms with van der Waals surface area (Å²) in [6.07, 6.45) is 5.49. The van der Waals surface area contributed by atoms with Crippen LogP contribution in [0.15, 0.2) is 4.99 Å². The number of nitrogens with zero attached hydrogens (tertiary/aromatic N) is 3. The van der Waals surface area contributed by atoms with Gasteiger partial charge in [0.1, 0.15) is 0 Å². The molecule has 4 nitrogen and oxygen atoms in total. The second kappa shape index (κ2) is 7.23. The lowest BCUT2D eigenvalue weighted by Gasteiger charge is -2.34. The van der Waals surface area contributed by atoms with Crippen molar-refractivity contribution >= 4 is 17.7 Å². The van der Waals surface area contributed by atoms with Gasteiger partial charge in [-0.3, -0.25) is 4.99 Å². The summed E-state index contributed by atoms with van der Waals surface area (Å²) in [5.74, 6) is 3.17. The van der Waals surface area contributed by atoms with Gasteiger partial charge in [0.25, 0.3) is 0 Å². The van der Waals surface area contributed by atoms with Crippen LogP contribution in [0.5, 0.6) is 0 Å². The standard InChI is InChI=1S/C16H30N4S/c1-3-15-12-20(8-9-21-15)16(17-2)18-10-13-6-7-19(11-13)14-4-5-14/h13-15H,3-12H2,1-2H3,(H,17,18). The van der Waals surface area contributed by atoms with Crippen LogP contribution in [0.1, 0.15) is 32.6 Å². The fraction of sp³-hybridized carbons (Fsp3) is 0.938. The van der Waals surface area contributed by atoms with Gasteiger partial charge in [-0.1, -0.05) is 6.92 Å². The van der Waals surface area contributed by atoms with Crippen LogP contribution in [0.4, 0.5) is 0 Å². The van der Waals surface area contributed by atoms with Crippen molar-refractivity contribution in [3.8, 4) is 0 Å². The molecule has 0 aromatic heterocycles. The molecule has 2 aliphatic heterocycles. The van der Waals surface area contributed by atoms with Crippen LogP contribution in [0.25, 0.3) is 0 Å². The first-order valence-corrected chi connectivity index (χ1v) is 9.66. The fourth-order valence-corrected chi connectivity index (χ4v) is 4.71. The zero-order valence-corrected chi connectivity index (χ0v) is 14.4. The summed E-state index contributed by atoms with van der Waals surface area (Å²) in [5, 5.41) is 4.42. The van der Waals surface area contributed by atoms with E-state index in [1.165, 1.54) is 44.5 Å². The van der Waals surface area contributed by atoms with Gasteiger partial charge in [0.2, 0.25) is 0 Å². The molecule has 0 spiro atoms. The van der Waals surface area contributed by atoms with Crippen molar-refractivity contribution in [2.45, 2.75) is 43.9 Å². The number of guanidine groups is 1. The van der Waals surface area contributed by atoms with Crippen LogP contribution in [0, 0.1) is 5.92 Å². The highest BCUT2D eigenvalue weighted by atomic mass is 32.2. The molecule has 0 aromatic carbocycles. The van der Waals surface area contributed by atoms with Gasteiger partial charge in [0.15, 0.2) is 5.96 Å². The summed E-state index contributed by atoms with van der Waals surface area (Å²) in [6, 6.07) is 0.929. The average molecular weight is 311 g/mol. The van der Waals surface area contributed by atoms with E-state index in [0.29, 0.717) is 0 Å². The van der Waals surface area contributed by atoms with Gasteiger partial charge in [-0.15, -0.1) is 0 Å². The Kier molecular flexibility index (Phi) is 5.33. The zero-order chi connectivity index (χ0) is 14.7. The number of likely N-dealkylation sites (tertiary alicyclic amines) is 1. The number of aliphatic imine (C=N–C) groups is 1. The first-order valence-electron chi connectivity index (χ1n) is 8.61. The van der Waals surface area contributed by atoms with Crippen LogP contribution >= 0.6 is 11.8 Å². The van der Waals surface area contributed by atoms with E-state index in [1.807, 2.05) is 7.05 Å². The van der Waals surface area contributed by atoms with Crippen LogP contribution in [-0.2, 0) is 0 Å². The van der Waals surface area contributed by atoms with Gasteiger partial charge in [-0.2, -0.15) is 11.8 Å². The topological polar surface area (TPSA) is 30.9 Å². The van der Waals surface area contributed by atoms with E-state index in [2.05, 4.69) is 38.8 Å². The Bertz CT molecular complexity index is 369. The third-order valence-corrected chi connectivity index (χ3v) is 6.41. The monoisotopic (exact) mass is 310 g/mol. The largest absolute Gasteiger partial charge is 0.356 e. The first kappa shape index (κ1) is 15.5. The van der Waals surface area contributed by atoms with Gasteiger partial charge in [-0.05, 0) is 38.1 Å². The minimum Gasteiger partial charge on any atom is -0.356 e. The Morgan fingerprint density at radius 3 is 2.81 bits per heavy atom. The molecular formula is C16H30N4S. The predicted molar refractivity (Wildman–Crippen MR) is 92.2 cm³/mol. The van der Waals surface area contributed by atoms with Gasteiger partial charge in [0.05, 0.1) is 0 Å². The van der Waals surface area contributed by atoms with Gasteiger partial charge in [-0.25, -0.2) is 0 Å². The molecule has 3 aliphatic rings. The molecule has 1 saturated carbocycles. The molecule has 3 fully saturated rings. The molecule has 5 heteroatoms. The highest BCUT2D eigenvalue weighted by Gasteiger charge is 2.34. The maximum absolute atomic E-state index is 4.52. The van der Waals surface area contributed by atoms with E-state index < -0.39 is 0 Å². The summed E-state index contributed by atoms with van der Waals surface area (Å²) in [4.78, 5) is 9.67. The predicted octanol–water partition coefficient (Wildman–Crippen LogP) is 1.87. The van der Waals surface area contributed by atoms with Crippen molar-refractivity contribution in [1.82, 2.24) is 15.1 Å².